The zero-order valence-electron chi connectivity index (χ0n) is 16.6. The second-order valence-electron chi connectivity index (χ2n) is 6.42. The maximum atomic E-state index is 12.7. The fourth-order valence-electron chi connectivity index (χ4n) is 2.93. The van der Waals surface area contributed by atoms with Crippen LogP contribution in [0.25, 0.3) is 0 Å². The fourth-order valence-corrected chi connectivity index (χ4v) is 2.93. The standard InChI is InChI=1S/C24H24N2O3/c1-3-26(4-2)24(28)19-16-14-18(15-17-19)23(27)25-21-12-8-9-13-22(21)29-20-10-6-5-7-11-20/h5-17H,3-4H2,1-2H3,(H,25,27). The lowest BCUT2D eigenvalue weighted by molar-refractivity contribution is 0.0772. The molecule has 2 amide bonds. The van der Waals surface area contributed by atoms with Gasteiger partial charge in [-0.3, -0.25) is 9.59 Å². The van der Waals surface area contributed by atoms with Gasteiger partial charge in [0.2, 0.25) is 0 Å². The maximum Gasteiger partial charge on any atom is 0.255 e. The number of benzene rings is 3. The molecule has 3 aromatic carbocycles. The molecule has 0 radical (unpaired) electrons. The molecule has 0 saturated heterocycles. The molecular formula is C24H24N2O3. The first-order chi connectivity index (χ1) is 14.1. The predicted octanol–water partition coefficient (Wildman–Crippen LogP) is 5.21. The molecule has 0 bridgehead atoms. The van der Waals surface area contributed by atoms with E-state index < -0.39 is 0 Å². The molecule has 0 heterocycles. The normalized spacial score (nSPS) is 10.3. The summed E-state index contributed by atoms with van der Waals surface area (Å²) in [6, 6.07) is 23.3. The highest BCUT2D eigenvalue weighted by atomic mass is 16.5. The van der Waals surface area contributed by atoms with Gasteiger partial charge in [0.05, 0.1) is 5.69 Å². The molecule has 3 aromatic rings. The molecule has 0 aliphatic carbocycles. The molecule has 0 spiro atoms. The van der Waals surface area contributed by atoms with E-state index in [1.165, 1.54) is 0 Å². The first kappa shape index (κ1) is 20.1. The molecular weight excluding hydrogens is 364 g/mol. The van der Waals surface area contributed by atoms with Crippen LogP contribution in [0.4, 0.5) is 5.69 Å². The lowest BCUT2D eigenvalue weighted by Crippen LogP contribution is -2.30. The van der Waals surface area contributed by atoms with Crippen LogP contribution in [0.3, 0.4) is 0 Å². The van der Waals surface area contributed by atoms with Crippen LogP contribution >= 0.6 is 0 Å². The van der Waals surface area contributed by atoms with Crippen LogP contribution in [0.2, 0.25) is 0 Å². The summed E-state index contributed by atoms with van der Waals surface area (Å²) < 4.78 is 5.88. The summed E-state index contributed by atoms with van der Waals surface area (Å²) >= 11 is 0. The van der Waals surface area contributed by atoms with Crippen LogP contribution in [0.5, 0.6) is 11.5 Å². The maximum absolute atomic E-state index is 12.7. The molecule has 148 valence electrons. The molecule has 3 rings (SSSR count). The van der Waals surface area contributed by atoms with Gasteiger partial charge in [-0.05, 0) is 62.4 Å². The molecule has 0 aliphatic heterocycles. The SMILES string of the molecule is CCN(CC)C(=O)c1ccc(C(=O)Nc2ccccc2Oc2ccccc2)cc1. The van der Waals surface area contributed by atoms with E-state index in [4.69, 9.17) is 4.74 Å². The zero-order chi connectivity index (χ0) is 20.6. The van der Waals surface area contributed by atoms with Crippen molar-refractivity contribution in [1.29, 1.82) is 0 Å². The third-order valence-corrected chi connectivity index (χ3v) is 4.55. The highest BCUT2D eigenvalue weighted by Gasteiger charge is 2.14. The Morgan fingerprint density at radius 1 is 0.793 bits per heavy atom. The Kier molecular flexibility index (Phi) is 6.63. The third-order valence-electron chi connectivity index (χ3n) is 4.55. The van der Waals surface area contributed by atoms with E-state index in [-0.39, 0.29) is 11.8 Å². The second-order valence-corrected chi connectivity index (χ2v) is 6.42. The molecule has 0 unspecified atom stereocenters. The van der Waals surface area contributed by atoms with Crippen LogP contribution in [-0.2, 0) is 0 Å². The van der Waals surface area contributed by atoms with Crippen molar-refractivity contribution in [3.05, 3.63) is 90.0 Å². The Bertz CT molecular complexity index is 965. The summed E-state index contributed by atoms with van der Waals surface area (Å²) in [6.07, 6.45) is 0. The average molecular weight is 388 g/mol. The number of hydrogen-bond acceptors (Lipinski definition) is 3. The van der Waals surface area contributed by atoms with Crippen molar-refractivity contribution in [2.45, 2.75) is 13.8 Å². The summed E-state index contributed by atoms with van der Waals surface area (Å²) in [7, 11) is 0. The van der Waals surface area contributed by atoms with Crippen LogP contribution in [0.15, 0.2) is 78.9 Å². The van der Waals surface area contributed by atoms with Crippen LogP contribution < -0.4 is 10.1 Å². The van der Waals surface area contributed by atoms with E-state index in [0.29, 0.717) is 41.4 Å². The van der Waals surface area contributed by atoms with E-state index in [9.17, 15) is 9.59 Å². The lowest BCUT2D eigenvalue weighted by atomic mass is 10.1. The van der Waals surface area contributed by atoms with Crippen molar-refractivity contribution in [3.8, 4) is 11.5 Å². The van der Waals surface area contributed by atoms with E-state index in [1.54, 1.807) is 41.3 Å². The van der Waals surface area contributed by atoms with E-state index in [0.717, 1.165) is 0 Å². The van der Waals surface area contributed by atoms with Gasteiger partial charge in [-0.15, -0.1) is 0 Å². The van der Waals surface area contributed by atoms with Crippen molar-refractivity contribution in [3.63, 3.8) is 0 Å². The van der Waals surface area contributed by atoms with Gasteiger partial charge < -0.3 is 15.0 Å². The second kappa shape index (κ2) is 9.55. The van der Waals surface area contributed by atoms with Crippen molar-refractivity contribution in [2.24, 2.45) is 0 Å². The number of amides is 2. The Balaban J connectivity index is 1.73. The Labute approximate surface area is 170 Å². The Morgan fingerprint density at radius 3 is 2.03 bits per heavy atom. The number of carbonyl (C=O) groups excluding carboxylic acids is 2. The first-order valence-corrected chi connectivity index (χ1v) is 9.65. The van der Waals surface area contributed by atoms with E-state index >= 15 is 0 Å². The van der Waals surface area contributed by atoms with Gasteiger partial charge in [0.15, 0.2) is 5.75 Å². The lowest BCUT2D eigenvalue weighted by Gasteiger charge is -2.18. The number of hydrogen-bond donors (Lipinski definition) is 1. The number of carbonyl (C=O) groups is 2. The van der Waals surface area contributed by atoms with E-state index in [2.05, 4.69) is 5.32 Å². The van der Waals surface area contributed by atoms with Crippen molar-refractivity contribution in [1.82, 2.24) is 4.90 Å². The number of para-hydroxylation sites is 3. The minimum Gasteiger partial charge on any atom is -0.455 e. The number of rotatable bonds is 7. The zero-order valence-corrected chi connectivity index (χ0v) is 16.6. The summed E-state index contributed by atoms with van der Waals surface area (Å²) in [5.74, 6) is 0.938. The summed E-state index contributed by atoms with van der Waals surface area (Å²) in [5, 5.41) is 2.88. The first-order valence-electron chi connectivity index (χ1n) is 9.65. The van der Waals surface area contributed by atoms with Crippen LogP contribution in [0.1, 0.15) is 34.6 Å². The molecule has 0 aromatic heterocycles. The highest BCUT2D eigenvalue weighted by Crippen LogP contribution is 2.29. The molecule has 0 aliphatic rings. The Morgan fingerprint density at radius 2 is 1.38 bits per heavy atom. The van der Waals surface area contributed by atoms with E-state index in [1.807, 2.05) is 56.3 Å². The highest BCUT2D eigenvalue weighted by molar-refractivity contribution is 6.05. The Hall–Kier alpha value is -3.60. The van der Waals surface area contributed by atoms with Gasteiger partial charge >= 0.3 is 0 Å². The summed E-state index contributed by atoms with van der Waals surface area (Å²) in [6.45, 7) is 5.18. The molecule has 29 heavy (non-hydrogen) atoms. The van der Waals surface area contributed by atoms with Gasteiger partial charge in [0.25, 0.3) is 11.8 Å². The molecule has 5 nitrogen and oxygen atoms in total. The average Bonchev–Trinajstić information content (AvgIpc) is 2.76. The van der Waals surface area contributed by atoms with Gasteiger partial charge in [-0.2, -0.15) is 0 Å². The predicted molar refractivity (Wildman–Crippen MR) is 115 cm³/mol. The topological polar surface area (TPSA) is 58.6 Å². The number of nitrogens with one attached hydrogen (secondary N) is 1. The summed E-state index contributed by atoms with van der Waals surface area (Å²) in [5.41, 5.74) is 1.61. The monoisotopic (exact) mass is 388 g/mol. The van der Waals surface area contributed by atoms with Gasteiger partial charge in [-0.25, -0.2) is 0 Å². The van der Waals surface area contributed by atoms with Gasteiger partial charge in [0.1, 0.15) is 5.75 Å². The van der Waals surface area contributed by atoms with Crippen LogP contribution in [0, 0.1) is 0 Å². The largest absolute Gasteiger partial charge is 0.455 e. The van der Waals surface area contributed by atoms with Crippen LogP contribution in [-0.4, -0.2) is 29.8 Å². The van der Waals surface area contributed by atoms with Crippen molar-refractivity contribution in [2.75, 3.05) is 18.4 Å². The smallest absolute Gasteiger partial charge is 0.255 e. The third kappa shape index (κ3) is 5.02. The molecule has 1 N–H and O–H groups in total. The number of anilines is 1. The molecule has 0 atom stereocenters. The molecule has 5 heteroatoms. The quantitative estimate of drug-likeness (QED) is 0.604. The van der Waals surface area contributed by atoms with Crippen molar-refractivity contribution < 1.29 is 14.3 Å². The summed E-state index contributed by atoms with van der Waals surface area (Å²) in [4.78, 5) is 26.8. The van der Waals surface area contributed by atoms with Gasteiger partial charge in [-0.1, -0.05) is 30.3 Å². The minimum atomic E-state index is -0.268. The number of ether oxygens (including phenoxy) is 1. The molecule has 0 saturated carbocycles. The van der Waals surface area contributed by atoms with Crippen molar-refractivity contribution >= 4 is 17.5 Å². The molecule has 0 fully saturated rings. The number of nitrogens with zero attached hydrogens (tertiary/aromatic N) is 1. The minimum absolute atomic E-state index is 0.0384. The van der Waals surface area contributed by atoms with Gasteiger partial charge in [0, 0.05) is 24.2 Å². The fraction of sp³-hybridized carbons (Fsp3) is 0.167.